The van der Waals surface area contributed by atoms with Crippen molar-refractivity contribution in [2.45, 2.75) is 9.79 Å². The number of hydrogen-bond donors (Lipinski definition) is 4. The highest BCUT2D eigenvalue weighted by atomic mass is 32.2. The summed E-state index contributed by atoms with van der Waals surface area (Å²) >= 11 is 0.451. The van der Waals surface area contributed by atoms with Crippen molar-refractivity contribution in [3.63, 3.8) is 0 Å². The Balaban J connectivity index is 2.22. The highest BCUT2D eigenvalue weighted by Gasteiger charge is 2.21. The van der Waals surface area contributed by atoms with Crippen molar-refractivity contribution in [2.75, 3.05) is 0 Å². The zero-order valence-corrected chi connectivity index (χ0v) is 15.4. The zero-order chi connectivity index (χ0) is 20.3. The van der Waals surface area contributed by atoms with E-state index >= 15 is 0 Å². The molecular formula is C16H12N2O8S2. The Kier molecular flexibility index (Phi) is 5.79. The van der Waals surface area contributed by atoms with Gasteiger partial charge in [-0.25, -0.2) is 5.26 Å². The summed E-state index contributed by atoms with van der Waals surface area (Å²) < 4.78 is 36.3. The minimum Gasteiger partial charge on any atom is -0.507 e. The molecule has 3 aromatic carbocycles. The lowest BCUT2D eigenvalue weighted by molar-refractivity contribution is -0.432. The van der Waals surface area contributed by atoms with Crippen LogP contribution in [-0.4, -0.2) is 28.4 Å². The zero-order valence-electron chi connectivity index (χ0n) is 13.8. The number of hydrogen-bond acceptors (Lipinski definition) is 10. The molecule has 0 unspecified atom stereocenters. The van der Waals surface area contributed by atoms with Gasteiger partial charge in [-0.3, -0.25) is 4.55 Å². The molecule has 3 aromatic rings. The predicted octanol–water partition coefficient (Wildman–Crippen LogP) is 4.34. The highest BCUT2D eigenvalue weighted by molar-refractivity contribution is 7.94. The third-order valence-electron chi connectivity index (χ3n) is 3.58. The van der Waals surface area contributed by atoms with Crippen molar-refractivity contribution in [3.05, 3.63) is 48.5 Å². The van der Waals surface area contributed by atoms with E-state index in [-0.39, 0.29) is 21.4 Å². The molecule has 0 saturated carbocycles. The lowest BCUT2D eigenvalue weighted by Crippen LogP contribution is -1.98. The normalized spacial score (nSPS) is 12.1. The summed E-state index contributed by atoms with van der Waals surface area (Å²) in [4.78, 5) is -0.503. The topological polar surface area (TPSA) is 158 Å². The summed E-state index contributed by atoms with van der Waals surface area (Å²) in [6.07, 6.45) is 0. The first-order valence-corrected chi connectivity index (χ1v) is 9.61. The average molecular weight is 424 g/mol. The summed E-state index contributed by atoms with van der Waals surface area (Å²) in [5.41, 5.74) is 0.344. The molecule has 3 rings (SSSR count). The first-order chi connectivity index (χ1) is 13.3. The summed E-state index contributed by atoms with van der Waals surface area (Å²) in [5.74, 6) is -1.13. The van der Waals surface area contributed by atoms with Crippen LogP contribution in [0.2, 0.25) is 0 Å². The van der Waals surface area contributed by atoms with Crippen LogP contribution in [0.5, 0.6) is 11.5 Å². The lowest BCUT2D eigenvalue weighted by atomic mass is 10.1. The molecule has 0 radical (unpaired) electrons. The molecule has 0 amide bonds. The Morgan fingerprint density at radius 1 is 1.00 bits per heavy atom. The Labute approximate surface area is 162 Å². The van der Waals surface area contributed by atoms with E-state index in [0.717, 1.165) is 12.1 Å². The molecule has 0 fully saturated rings. The number of phenolic OH excluding ortho intramolecular Hbond substituents is 2. The van der Waals surface area contributed by atoms with E-state index in [1.54, 1.807) is 30.3 Å². The molecule has 0 spiro atoms. The van der Waals surface area contributed by atoms with Gasteiger partial charge in [-0.1, -0.05) is 23.2 Å². The van der Waals surface area contributed by atoms with Gasteiger partial charge >= 0.3 is 0 Å². The van der Waals surface area contributed by atoms with Gasteiger partial charge in [0, 0.05) is 6.07 Å². The quantitative estimate of drug-likeness (QED) is 0.148. The highest BCUT2D eigenvalue weighted by Crippen LogP contribution is 2.47. The molecule has 0 aliphatic carbocycles. The number of benzene rings is 3. The third kappa shape index (κ3) is 4.22. The first kappa shape index (κ1) is 20.0. The van der Waals surface area contributed by atoms with Crippen LogP contribution in [-0.2, 0) is 19.5 Å². The summed E-state index contributed by atoms with van der Waals surface area (Å²) in [6, 6.07) is 11.7. The average Bonchev–Trinajstić information content (AvgIpc) is 2.65. The summed E-state index contributed by atoms with van der Waals surface area (Å²) in [7, 11) is -4.60. The fraction of sp³-hybridized carbons (Fsp3) is 0. The van der Waals surface area contributed by atoms with Gasteiger partial charge in [0.05, 0.1) is 32.9 Å². The van der Waals surface area contributed by atoms with E-state index in [1.165, 1.54) is 6.07 Å². The first-order valence-electron chi connectivity index (χ1n) is 7.43. The van der Waals surface area contributed by atoms with Crippen molar-refractivity contribution < 1.29 is 37.8 Å². The monoisotopic (exact) mass is 424 g/mol. The van der Waals surface area contributed by atoms with Crippen LogP contribution in [0.4, 0.5) is 11.4 Å². The molecule has 0 saturated heterocycles. The fourth-order valence-electron chi connectivity index (χ4n) is 2.40. The molecule has 0 aromatic heterocycles. The van der Waals surface area contributed by atoms with Crippen LogP contribution < -0.4 is 0 Å². The van der Waals surface area contributed by atoms with Gasteiger partial charge in [0.25, 0.3) is 10.1 Å². The van der Waals surface area contributed by atoms with E-state index in [4.69, 9.17) is 5.26 Å². The minimum absolute atomic E-state index is 0.0489. The maximum Gasteiger partial charge on any atom is 0.294 e. The number of phenols is 2. The Hall–Kier alpha value is -2.74. The Morgan fingerprint density at radius 3 is 2.36 bits per heavy atom. The standard InChI is InChI=1S/C16H12N2O8S2/c19-12-8-11(28(22,23)24)6-9-7-13(27-26-25-21)15(16(20)14(9)12)18-17-10-4-2-1-3-5-10/h1-8,19-21H,(H,22,23,24). The van der Waals surface area contributed by atoms with Gasteiger partial charge in [0.2, 0.25) is 0 Å². The van der Waals surface area contributed by atoms with Crippen LogP contribution >= 0.6 is 12.0 Å². The molecule has 10 nitrogen and oxygen atoms in total. The van der Waals surface area contributed by atoms with Crippen molar-refractivity contribution in [1.29, 1.82) is 0 Å². The van der Waals surface area contributed by atoms with Gasteiger partial charge in [-0.2, -0.15) is 13.5 Å². The number of nitrogens with zero attached hydrogens (tertiary/aromatic N) is 2. The smallest absolute Gasteiger partial charge is 0.294 e. The van der Waals surface area contributed by atoms with Gasteiger partial charge in [0.15, 0.2) is 5.75 Å². The van der Waals surface area contributed by atoms with Crippen LogP contribution in [0, 0.1) is 0 Å². The van der Waals surface area contributed by atoms with Crippen LogP contribution in [0.1, 0.15) is 0 Å². The number of aromatic hydroxyl groups is 2. The third-order valence-corrected chi connectivity index (χ3v) is 5.03. The van der Waals surface area contributed by atoms with Crippen molar-refractivity contribution in [3.8, 4) is 11.5 Å². The van der Waals surface area contributed by atoms with E-state index in [9.17, 15) is 23.2 Å². The second-order valence-corrected chi connectivity index (χ2v) is 7.51. The number of azo groups is 1. The van der Waals surface area contributed by atoms with Crippen molar-refractivity contribution in [2.24, 2.45) is 10.2 Å². The van der Waals surface area contributed by atoms with E-state index in [1.807, 2.05) is 0 Å². The van der Waals surface area contributed by atoms with Crippen LogP contribution in [0.3, 0.4) is 0 Å². The molecule has 0 atom stereocenters. The fourth-order valence-corrected chi connectivity index (χ4v) is 3.43. The molecule has 28 heavy (non-hydrogen) atoms. The minimum atomic E-state index is -4.60. The lowest BCUT2D eigenvalue weighted by Gasteiger charge is -2.11. The Morgan fingerprint density at radius 2 is 1.71 bits per heavy atom. The Bertz CT molecular complexity index is 1150. The van der Waals surface area contributed by atoms with Gasteiger partial charge in [-0.05, 0) is 29.7 Å². The second-order valence-electron chi connectivity index (χ2n) is 5.35. The van der Waals surface area contributed by atoms with Crippen molar-refractivity contribution in [1.82, 2.24) is 0 Å². The molecule has 4 N–H and O–H groups in total. The SMILES string of the molecule is O=S(=O)(O)c1cc(O)c2c(O)c(N=Nc3ccccc3)c(SOOO)cc2c1. The predicted molar refractivity (Wildman–Crippen MR) is 98.4 cm³/mol. The maximum atomic E-state index is 11.4. The molecule has 0 heterocycles. The molecular weight excluding hydrogens is 412 g/mol. The second kappa shape index (κ2) is 8.10. The summed E-state index contributed by atoms with van der Waals surface area (Å²) in [6.45, 7) is 0. The van der Waals surface area contributed by atoms with Gasteiger partial charge in [0.1, 0.15) is 11.4 Å². The van der Waals surface area contributed by atoms with E-state index in [2.05, 4.69) is 19.6 Å². The van der Waals surface area contributed by atoms with E-state index in [0.29, 0.717) is 17.7 Å². The van der Waals surface area contributed by atoms with E-state index < -0.39 is 26.5 Å². The van der Waals surface area contributed by atoms with Gasteiger partial charge < -0.3 is 10.2 Å². The molecule has 0 aliphatic rings. The number of fused-ring (bicyclic) bond motifs is 1. The summed E-state index contributed by atoms with van der Waals surface area (Å²) in [5, 5.41) is 40.5. The molecule has 0 bridgehead atoms. The molecule has 146 valence electrons. The number of rotatable bonds is 6. The maximum absolute atomic E-state index is 11.4. The van der Waals surface area contributed by atoms with Crippen LogP contribution in [0.25, 0.3) is 10.8 Å². The largest absolute Gasteiger partial charge is 0.507 e. The van der Waals surface area contributed by atoms with Crippen molar-refractivity contribution >= 4 is 44.3 Å². The molecule has 0 aliphatic heterocycles. The molecule has 12 heteroatoms. The van der Waals surface area contributed by atoms with Crippen LogP contribution in [0.15, 0.2) is 68.6 Å². The van der Waals surface area contributed by atoms with Gasteiger partial charge in [-0.15, -0.1) is 9.45 Å².